The van der Waals surface area contributed by atoms with Gasteiger partial charge in [-0.25, -0.2) is 14.3 Å². The minimum atomic E-state index is -0.160. The third-order valence-corrected chi connectivity index (χ3v) is 5.69. The Kier molecular flexibility index (Phi) is 5.21. The third-order valence-electron chi connectivity index (χ3n) is 5.69. The number of ether oxygens (including phenoxy) is 2. The number of hydrogen-bond donors (Lipinski definition) is 1. The number of methoxy groups -OCH3 is 2. The van der Waals surface area contributed by atoms with Gasteiger partial charge in [0.1, 0.15) is 17.3 Å². The lowest BCUT2D eigenvalue weighted by Crippen LogP contribution is -2.41. The van der Waals surface area contributed by atoms with Gasteiger partial charge in [-0.15, -0.1) is 0 Å². The number of hydrogen-bond acceptors (Lipinski definition) is 5. The van der Waals surface area contributed by atoms with E-state index >= 15 is 0 Å². The van der Waals surface area contributed by atoms with Gasteiger partial charge in [-0.05, 0) is 37.8 Å². The summed E-state index contributed by atoms with van der Waals surface area (Å²) in [6.45, 7) is 1.23. The van der Waals surface area contributed by atoms with Crippen molar-refractivity contribution in [3.8, 4) is 11.5 Å². The number of nitrogens with zero attached hydrogens (tertiary/aromatic N) is 4. The van der Waals surface area contributed by atoms with Crippen molar-refractivity contribution in [2.24, 2.45) is 7.05 Å². The van der Waals surface area contributed by atoms with E-state index in [1.165, 1.54) is 4.68 Å². The number of carbonyl (C=O) groups excluding carboxylic acids is 1. The zero-order valence-corrected chi connectivity index (χ0v) is 17.1. The quantitative estimate of drug-likeness (QED) is 0.831. The van der Waals surface area contributed by atoms with E-state index < -0.39 is 0 Å². The molecule has 4 rings (SSSR count). The SMILES string of the molecule is COc1ccc(NC(=O)N2CCC(c3nn(C)c(=O)n3C3CC3)CC2)c(OC)c1. The second-order valence-corrected chi connectivity index (χ2v) is 7.62. The van der Waals surface area contributed by atoms with Crippen LogP contribution in [0.5, 0.6) is 11.5 Å². The monoisotopic (exact) mass is 401 g/mol. The molecule has 0 bridgehead atoms. The first-order valence-corrected chi connectivity index (χ1v) is 9.95. The van der Waals surface area contributed by atoms with E-state index in [1.54, 1.807) is 44.4 Å². The number of carbonyl (C=O) groups is 1. The van der Waals surface area contributed by atoms with Gasteiger partial charge >= 0.3 is 11.7 Å². The molecule has 2 aromatic rings. The number of nitrogens with one attached hydrogen (secondary N) is 1. The number of aryl methyl sites for hydroxylation is 1. The average molecular weight is 401 g/mol. The molecule has 9 heteroatoms. The zero-order valence-electron chi connectivity index (χ0n) is 17.1. The third kappa shape index (κ3) is 3.81. The van der Waals surface area contributed by atoms with Crippen LogP contribution in [0.3, 0.4) is 0 Å². The summed E-state index contributed by atoms with van der Waals surface area (Å²) in [5.41, 5.74) is 0.571. The number of aromatic nitrogens is 3. The molecule has 0 spiro atoms. The van der Waals surface area contributed by atoms with E-state index in [9.17, 15) is 9.59 Å². The van der Waals surface area contributed by atoms with Gasteiger partial charge in [0.2, 0.25) is 0 Å². The standard InChI is InChI=1S/C20H27N5O4/c1-23-20(27)25(14-4-5-14)18(22-23)13-8-10-24(11-9-13)19(26)21-16-7-6-15(28-2)12-17(16)29-3/h6-7,12-14H,4-5,8-11H2,1-3H3,(H,21,26). The normalized spacial score (nSPS) is 17.3. The molecule has 156 valence electrons. The molecule has 1 N–H and O–H groups in total. The molecule has 2 amide bonds. The maximum absolute atomic E-state index is 12.7. The Hall–Kier alpha value is -2.97. The van der Waals surface area contributed by atoms with Crippen LogP contribution in [0, 0.1) is 0 Å². The lowest BCUT2D eigenvalue weighted by molar-refractivity contribution is 0.192. The van der Waals surface area contributed by atoms with Crippen LogP contribution in [0.2, 0.25) is 0 Å². The Bertz CT molecular complexity index is 954. The van der Waals surface area contributed by atoms with E-state index in [0.29, 0.717) is 36.3 Å². The molecule has 2 heterocycles. The molecule has 1 aromatic carbocycles. The molecule has 1 aromatic heterocycles. The van der Waals surface area contributed by atoms with Crippen molar-refractivity contribution in [2.45, 2.75) is 37.6 Å². The van der Waals surface area contributed by atoms with Crippen LogP contribution in [-0.4, -0.2) is 52.6 Å². The molecule has 0 unspecified atom stereocenters. The zero-order chi connectivity index (χ0) is 20.5. The van der Waals surface area contributed by atoms with Gasteiger partial charge in [0, 0.05) is 38.2 Å². The summed E-state index contributed by atoms with van der Waals surface area (Å²) in [6.07, 6.45) is 3.67. The van der Waals surface area contributed by atoms with E-state index in [-0.39, 0.29) is 17.6 Å². The van der Waals surface area contributed by atoms with Crippen molar-refractivity contribution in [2.75, 3.05) is 32.6 Å². The fourth-order valence-corrected chi connectivity index (χ4v) is 3.89. The Labute approximate surface area is 169 Å². The van der Waals surface area contributed by atoms with Gasteiger partial charge in [-0.3, -0.25) is 4.57 Å². The second-order valence-electron chi connectivity index (χ2n) is 7.62. The predicted octanol–water partition coefficient (Wildman–Crippen LogP) is 2.35. The minimum absolute atomic E-state index is 0.0331. The van der Waals surface area contributed by atoms with E-state index in [4.69, 9.17) is 9.47 Å². The highest BCUT2D eigenvalue weighted by Crippen LogP contribution is 2.37. The number of piperidine rings is 1. The van der Waals surface area contributed by atoms with E-state index in [2.05, 4.69) is 10.4 Å². The smallest absolute Gasteiger partial charge is 0.345 e. The number of amides is 2. The molecule has 1 aliphatic heterocycles. The van der Waals surface area contributed by atoms with Gasteiger partial charge in [0.15, 0.2) is 0 Å². The molecular weight excluding hydrogens is 374 g/mol. The molecule has 0 atom stereocenters. The minimum Gasteiger partial charge on any atom is -0.497 e. The maximum atomic E-state index is 12.7. The van der Waals surface area contributed by atoms with Crippen LogP contribution in [-0.2, 0) is 7.05 Å². The number of rotatable bonds is 5. The highest BCUT2D eigenvalue weighted by molar-refractivity contribution is 5.91. The number of likely N-dealkylation sites (tertiary alicyclic amines) is 1. The maximum Gasteiger partial charge on any atom is 0.345 e. The van der Waals surface area contributed by atoms with Crippen molar-refractivity contribution in [1.29, 1.82) is 0 Å². The van der Waals surface area contributed by atoms with Crippen molar-refractivity contribution < 1.29 is 14.3 Å². The molecular formula is C20H27N5O4. The Balaban J connectivity index is 1.41. The summed E-state index contributed by atoms with van der Waals surface area (Å²) < 4.78 is 13.8. The second kappa shape index (κ2) is 7.81. The Morgan fingerprint density at radius 3 is 2.48 bits per heavy atom. The largest absolute Gasteiger partial charge is 0.497 e. The van der Waals surface area contributed by atoms with Gasteiger partial charge < -0.3 is 19.7 Å². The topological polar surface area (TPSA) is 90.6 Å². The van der Waals surface area contributed by atoms with Crippen LogP contribution in [0.25, 0.3) is 0 Å². The summed E-state index contributed by atoms with van der Waals surface area (Å²) >= 11 is 0. The van der Waals surface area contributed by atoms with Crippen LogP contribution >= 0.6 is 0 Å². The predicted molar refractivity (Wildman–Crippen MR) is 108 cm³/mol. The average Bonchev–Trinajstić information content (AvgIpc) is 3.54. The highest BCUT2D eigenvalue weighted by Gasteiger charge is 2.34. The van der Waals surface area contributed by atoms with Gasteiger partial charge in [0.05, 0.1) is 19.9 Å². The van der Waals surface area contributed by atoms with Crippen LogP contribution in [0.15, 0.2) is 23.0 Å². The molecule has 1 aliphatic carbocycles. The van der Waals surface area contributed by atoms with Gasteiger partial charge in [0.25, 0.3) is 0 Å². The molecule has 1 saturated heterocycles. The van der Waals surface area contributed by atoms with Crippen molar-refractivity contribution in [1.82, 2.24) is 19.2 Å². The van der Waals surface area contributed by atoms with Crippen molar-refractivity contribution in [3.05, 3.63) is 34.5 Å². The molecule has 2 fully saturated rings. The first-order valence-electron chi connectivity index (χ1n) is 9.95. The van der Waals surface area contributed by atoms with Crippen LogP contribution < -0.4 is 20.5 Å². The van der Waals surface area contributed by atoms with Gasteiger partial charge in [-0.1, -0.05) is 0 Å². The fraction of sp³-hybridized carbons (Fsp3) is 0.550. The summed E-state index contributed by atoms with van der Waals surface area (Å²) in [6, 6.07) is 5.43. The van der Waals surface area contributed by atoms with E-state index in [0.717, 1.165) is 31.5 Å². The van der Waals surface area contributed by atoms with Gasteiger partial charge in [-0.2, -0.15) is 5.10 Å². The molecule has 9 nitrogen and oxygen atoms in total. The fourth-order valence-electron chi connectivity index (χ4n) is 3.89. The number of urea groups is 1. The first kappa shape index (κ1) is 19.4. The van der Waals surface area contributed by atoms with Crippen LogP contribution in [0.1, 0.15) is 43.5 Å². The lowest BCUT2D eigenvalue weighted by Gasteiger charge is -2.31. The molecule has 1 saturated carbocycles. The summed E-state index contributed by atoms with van der Waals surface area (Å²) in [5, 5.41) is 7.41. The van der Waals surface area contributed by atoms with Crippen LogP contribution in [0.4, 0.5) is 10.5 Å². The Morgan fingerprint density at radius 1 is 1.14 bits per heavy atom. The molecule has 0 radical (unpaired) electrons. The molecule has 29 heavy (non-hydrogen) atoms. The summed E-state index contributed by atoms with van der Waals surface area (Å²) in [7, 11) is 4.85. The number of benzene rings is 1. The summed E-state index contributed by atoms with van der Waals surface area (Å²) in [5.74, 6) is 2.29. The molecule has 2 aliphatic rings. The van der Waals surface area contributed by atoms with Crippen molar-refractivity contribution in [3.63, 3.8) is 0 Å². The first-order chi connectivity index (χ1) is 14.0. The summed E-state index contributed by atoms with van der Waals surface area (Å²) in [4.78, 5) is 26.9. The Morgan fingerprint density at radius 2 is 1.86 bits per heavy atom. The van der Waals surface area contributed by atoms with Crippen molar-refractivity contribution >= 4 is 11.7 Å². The number of anilines is 1. The highest BCUT2D eigenvalue weighted by atomic mass is 16.5. The lowest BCUT2D eigenvalue weighted by atomic mass is 9.96. The van der Waals surface area contributed by atoms with E-state index in [1.807, 2.05) is 4.57 Å².